The van der Waals surface area contributed by atoms with Gasteiger partial charge in [-0.15, -0.1) is 0 Å². The lowest BCUT2D eigenvalue weighted by molar-refractivity contribution is -0.138. The van der Waals surface area contributed by atoms with Gasteiger partial charge in [-0.2, -0.15) is 0 Å². The van der Waals surface area contributed by atoms with Crippen molar-refractivity contribution in [2.75, 3.05) is 18.5 Å². The quantitative estimate of drug-likeness (QED) is 0.847. The van der Waals surface area contributed by atoms with Crippen LogP contribution in [0, 0.1) is 19.8 Å². The number of anilines is 1. The highest BCUT2D eigenvalue weighted by molar-refractivity contribution is 5.92. The zero-order valence-electron chi connectivity index (χ0n) is 13.1. The second-order valence-electron chi connectivity index (χ2n) is 5.41. The summed E-state index contributed by atoms with van der Waals surface area (Å²) in [6.07, 6.45) is 0.796. The molecule has 5 heteroatoms. The third kappa shape index (κ3) is 5.10. The van der Waals surface area contributed by atoms with Gasteiger partial charge in [-0.05, 0) is 31.4 Å². The number of amides is 2. The van der Waals surface area contributed by atoms with Crippen LogP contribution in [0.1, 0.15) is 30.9 Å². The van der Waals surface area contributed by atoms with Crippen molar-refractivity contribution in [3.63, 3.8) is 0 Å². The van der Waals surface area contributed by atoms with E-state index in [0.717, 1.165) is 23.2 Å². The Kier molecular flexibility index (Phi) is 6.21. The number of nitrogens with one attached hydrogen (secondary N) is 1. The van der Waals surface area contributed by atoms with E-state index < -0.39 is 5.97 Å². The molecule has 2 N–H and O–H groups in total. The molecule has 0 saturated carbocycles. The van der Waals surface area contributed by atoms with Gasteiger partial charge in [0.1, 0.15) is 0 Å². The molecule has 0 bridgehead atoms. The van der Waals surface area contributed by atoms with Crippen molar-refractivity contribution in [1.82, 2.24) is 5.32 Å². The average Bonchev–Trinajstić information content (AvgIpc) is 2.42. The predicted octanol–water partition coefficient (Wildman–Crippen LogP) is 2.95. The van der Waals surface area contributed by atoms with Crippen LogP contribution >= 0.6 is 0 Å². The lowest BCUT2D eigenvalue weighted by Gasteiger charge is -2.22. The van der Waals surface area contributed by atoms with Crippen molar-refractivity contribution in [2.45, 2.75) is 33.6 Å². The number of carboxylic acids is 1. The summed E-state index contributed by atoms with van der Waals surface area (Å²) in [5.41, 5.74) is 3.03. The summed E-state index contributed by atoms with van der Waals surface area (Å²) in [6.45, 7) is 6.27. The fourth-order valence-electron chi connectivity index (χ4n) is 2.25. The number of urea groups is 1. The first-order chi connectivity index (χ1) is 9.85. The number of carbonyl (C=O) groups excluding carboxylic acids is 1. The molecule has 0 aliphatic heterocycles. The number of aryl methyl sites for hydroxylation is 2. The third-order valence-corrected chi connectivity index (χ3v) is 3.60. The van der Waals surface area contributed by atoms with Crippen molar-refractivity contribution in [1.29, 1.82) is 0 Å². The Morgan fingerprint density at radius 2 is 2.00 bits per heavy atom. The number of carbonyl (C=O) groups is 2. The van der Waals surface area contributed by atoms with Crippen LogP contribution in [0.5, 0.6) is 0 Å². The van der Waals surface area contributed by atoms with E-state index in [1.807, 2.05) is 39.0 Å². The van der Waals surface area contributed by atoms with E-state index in [-0.39, 0.29) is 18.4 Å². The molecular weight excluding hydrogens is 268 g/mol. The fraction of sp³-hybridized carbons (Fsp3) is 0.500. The van der Waals surface area contributed by atoms with Crippen LogP contribution in [0.2, 0.25) is 0 Å². The van der Waals surface area contributed by atoms with Crippen molar-refractivity contribution in [3.8, 4) is 0 Å². The monoisotopic (exact) mass is 292 g/mol. The Morgan fingerprint density at radius 3 is 2.52 bits per heavy atom. The molecule has 5 nitrogen and oxygen atoms in total. The first-order valence-corrected chi connectivity index (χ1v) is 7.15. The number of rotatable bonds is 6. The van der Waals surface area contributed by atoms with E-state index in [0.29, 0.717) is 6.54 Å². The van der Waals surface area contributed by atoms with Crippen LogP contribution in [-0.2, 0) is 4.79 Å². The van der Waals surface area contributed by atoms with Gasteiger partial charge >= 0.3 is 12.0 Å². The molecule has 0 saturated heterocycles. The maximum absolute atomic E-state index is 12.2. The van der Waals surface area contributed by atoms with Gasteiger partial charge in [0.2, 0.25) is 0 Å². The van der Waals surface area contributed by atoms with E-state index in [2.05, 4.69) is 5.32 Å². The molecule has 21 heavy (non-hydrogen) atoms. The van der Waals surface area contributed by atoms with Crippen LogP contribution in [0.4, 0.5) is 10.5 Å². The highest BCUT2D eigenvalue weighted by Crippen LogP contribution is 2.20. The summed E-state index contributed by atoms with van der Waals surface area (Å²) >= 11 is 0. The first kappa shape index (κ1) is 17.0. The Bertz CT molecular complexity index is 514. The van der Waals surface area contributed by atoms with Crippen molar-refractivity contribution in [3.05, 3.63) is 29.3 Å². The Labute approximate surface area is 126 Å². The minimum absolute atomic E-state index is 0.0426. The topological polar surface area (TPSA) is 69.6 Å². The minimum Gasteiger partial charge on any atom is -0.481 e. The van der Waals surface area contributed by atoms with Crippen LogP contribution < -0.4 is 10.2 Å². The molecule has 0 aromatic heterocycles. The maximum atomic E-state index is 12.2. The molecule has 0 heterocycles. The fourth-order valence-corrected chi connectivity index (χ4v) is 2.25. The molecule has 1 aromatic carbocycles. The van der Waals surface area contributed by atoms with Gasteiger partial charge in [-0.25, -0.2) is 4.79 Å². The second kappa shape index (κ2) is 7.67. The summed E-state index contributed by atoms with van der Waals surface area (Å²) in [6, 6.07) is 5.69. The van der Waals surface area contributed by atoms with Gasteiger partial charge in [0.05, 0.1) is 0 Å². The third-order valence-electron chi connectivity index (χ3n) is 3.60. The molecule has 0 aliphatic rings. The molecule has 2 amide bonds. The SMILES string of the molecule is CCC(CNC(=O)N(C)c1ccc(C)cc1C)CC(=O)O. The molecule has 1 rings (SSSR count). The van der Waals surface area contributed by atoms with Crippen LogP contribution in [0.3, 0.4) is 0 Å². The predicted molar refractivity (Wildman–Crippen MR) is 83.8 cm³/mol. The van der Waals surface area contributed by atoms with Gasteiger partial charge in [0.25, 0.3) is 0 Å². The number of benzene rings is 1. The van der Waals surface area contributed by atoms with Gasteiger partial charge in [-0.3, -0.25) is 9.69 Å². The zero-order chi connectivity index (χ0) is 16.0. The molecular formula is C16H24N2O3. The second-order valence-corrected chi connectivity index (χ2v) is 5.41. The Morgan fingerprint density at radius 1 is 1.33 bits per heavy atom. The smallest absolute Gasteiger partial charge is 0.321 e. The van der Waals surface area contributed by atoms with Crippen LogP contribution in [0.15, 0.2) is 18.2 Å². The lowest BCUT2D eigenvalue weighted by atomic mass is 10.0. The van der Waals surface area contributed by atoms with Gasteiger partial charge in [0, 0.05) is 25.7 Å². The van der Waals surface area contributed by atoms with Crippen LogP contribution in [-0.4, -0.2) is 30.7 Å². The number of hydrogen-bond acceptors (Lipinski definition) is 2. The number of carboxylic acid groups (broad SMARTS) is 1. The average molecular weight is 292 g/mol. The van der Waals surface area contributed by atoms with Gasteiger partial charge in [0.15, 0.2) is 0 Å². The largest absolute Gasteiger partial charge is 0.481 e. The summed E-state index contributed by atoms with van der Waals surface area (Å²) in [5, 5.41) is 11.6. The van der Waals surface area contributed by atoms with Crippen molar-refractivity contribution < 1.29 is 14.7 Å². The lowest BCUT2D eigenvalue weighted by Crippen LogP contribution is -2.40. The summed E-state index contributed by atoms with van der Waals surface area (Å²) in [4.78, 5) is 24.4. The van der Waals surface area contributed by atoms with E-state index in [4.69, 9.17) is 5.11 Å². The molecule has 1 unspecified atom stereocenters. The van der Waals surface area contributed by atoms with E-state index in [1.165, 1.54) is 0 Å². The number of hydrogen-bond donors (Lipinski definition) is 2. The Balaban J connectivity index is 2.64. The highest BCUT2D eigenvalue weighted by Gasteiger charge is 2.16. The standard InChI is InChI=1S/C16H24N2O3/c1-5-13(9-15(19)20)10-17-16(21)18(4)14-7-6-11(2)8-12(14)3/h6-8,13H,5,9-10H2,1-4H3,(H,17,21)(H,19,20). The van der Waals surface area contributed by atoms with E-state index in [1.54, 1.807) is 11.9 Å². The highest BCUT2D eigenvalue weighted by atomic mass is 16.4. The van der Waals surface area contributed by atoms with E-state index >= 15 is 0 Å². The summed E-state index contributed by atoms with van der Waals surface area (Å²) < 4.78 is 0. The van der Waals surface area contributed by atoms with Gasteiger partial charge in [-0.1, -0.05) is 31.0 Å². The molecule has 0 aliphatic carbocycles. The molecule has 1 aromatic rings. The molecule has 116 valence electrons. The number of aliphatic carboxylic acids is 1. The molecule has 1 atom stereocenters. The molecule has 0 fully saturated rings. The minimum atomic E-state index is -0.834. The summed E-state index contributed by atoms with van der Waals surface area (Å²) in [7, 11) is 1.71. The molecule has 0 radical (unpaired) electrons. The van der Waals surface area contributed by atoms with Crippen LogP contribution in [0.25, 0.3) is 0 Å². The maximum Gasteiger partial charge on any atom is 0.321 e. The molecule has 0 spiro atoms. The van der Waals surface area contributed by atoms with E-state index in [9.17, 15) is 9.59 Å². The first-order valence-electron chi connectivity index (χ1n) is 7.15. The Hall–Kier alpha value is -2.04. The summed E-state index contributed by atoms with van der Waals surface area (Å²) in [5.74, 6) is -0.877. The zero-order valence-corrected chi connectivity index (χ0v) is 13.1. The van der Waals surface area contributed by atoms with Crippen molar-refractivity contribution in [2.24, 2.45) is 5.92 Å². The number of nitrogens with zero attached hydrogens (tertiary/aromatic N) is 1. The van der Waals surface area contributed by atoms with Crippen molar-refractivity contribution >= 4 is 17.7 Å². The van der Waals surface area contributed by atoms with Gasteiger partial charge < -0.3 is 10.4 Å². The normalized spacial score (nSPS) is 11.8.